The molecule has 1 aromatic rings. The molecule has 0 unspecified atom stereocenters. The molecule has 1 N–H and O–H groups in total. The minimum absolute atomic E-state index is 0.0871. The lowest BCUT2D eigenvalue weighted by atomic mass is 10.1. The average molecular weight is 262 g/mol. The Morgan fingerprint density at radius 1 is 1.05 bits per heavy atom. The monoisotopic (exact) mass is 262 g/mol. The Balaban J connectivity index is 1.80. The maximum absolute atomic E-state index is 10.6. The van der Waals surface area contributed by atoms with Crippen LogP contribution in [-0.2, 0) is 22.6 Å². The zero-order chi connectivity index (χ0) is 13.5. The van der Waals surface area contributed by atoms with Gasteiger partial charge < -0.3 is 9.84 Å². The first-order valence-electron chi connectivity index (χ1n) is 7.15. The molecule has 0 spiro atoms. The van der Waals surface area contributed by atoms with Crippen molar-refractivity contribution in [3.63, 3.8) is 0 Å². The number of hydrogen-bond acceptors (Lipinski definition) is 2. The van der Waals surface area contributed by atoms with E-state index in [2.05, 4.69) is 0 Å². The van der Waals surface area contributed by atoms with E-state index in [-0.39, 0.29) is 6.42 Å². The van der Waals surface area contributed by atoms with Crippen molar-refractivity contribution in [2.45, 2.75) is 57.7 Å². The van der Waals surface area contributed by atoms with E-state index in [9.17, 15) is 4.79 Å². The van der Waals surface area contributed by atoms with Crippen molar-refractivity contribution in [3.05, 3.63) is 35.4 Å². The third kappa shape index (κ3) is 5.03. The van der Waals surface area contributed by atoms with Gasteiger partial charge in [-0.25, -0.2) is 0 Å². The smallest absolute Gasteiger partial charge is 0.307 e. The number of carboxylic acids is 1. The first-order valence-corrected chi connectivity index (χ1v) is 7.15. The zero-order valence-corrected chi connectivity index (χ0v) is 11.3. The molecular weight excluding hydrogens is 240 g/mol. The summed E-state index contributed by atoms with van der Waals surface area (Å²) in [7, 11) is 0. The third-order valence-corrected chi connectivity index (χ3v) is 3.67. The van der Waals surface area contributed by atoms with Crippen molar-refractivity contribution in [3.8, 4) is 0 Å². The van der Waals surface area contributed by atoms with Crippen LogP contribution < -0.4 is 0 Å². The van der Waals surface area contributed by atoms with Crippen LogP contribution in [0.25, 0.3) is 0 Å². The standard InChI is InChI=1S/C16H22O3/c17-16(18)11-13-7-9-14(10-8-13)12-19-15-5-3-1-2-4-6-15/h7-10,15H,1-6,11-12H2,(H,17,18). The van der Waals surface area contributed by atoms with Crippen molar-refractivity contribution in [2.75, 3.05) is 0 Å². The number of carboxylic acid groups (broad SMARTS) is 1. The summed E-state index contributed by atoms with van der Waals surface area (Å²) in [5.41, 5.74) is 1.96. The van der Waals surface area contributed by atoms with Crippen molar-refractivity contribution < 1.29 is 14.6 Å². The molecule has 3 heteroatoms. The molecule has 0 atom stereocenters. The number of aliphatic carboxylic acids is 1. The summed E-state index contributed by atoms with van der Waals surface area (Å²) in [5, 5.41) is 8.71. The molecular formula is C16H22O3. The highest BCUT2D eigenvalue weighted by Crippen LogP contribution is 2.21. The Bertz CT molecular complexity index is 389. The third-order valence-electron chi connectivity index (χ3n) is 3.67. The first-order chi connectivity index (χ1) is 9.24. The molecule has 1 aliphatic carbocycles. The quantitative estimate of drug-likeness (QED) is 0.825. The lowest BCUT2D eigenvalue weighted by molar-refractivity contribution is -0.136. The molecule has 0 aromatic heterocycles. The highest BCUT2D eigenvalue weighted by Gasteiger charge is 2.12. The van der Waals surface area contributed by atoms with Crippen LogP contribution in [0.1, 0.15) is 49.7 Å². The number of rotatable bonds is 5. The minimum atomic E-state index is -0.789. The maximum Gasteiger partial charge on any atom is 0.307 e. The van der Waals surface area contributed by atoms with Crippen LogP contribution in [0.15, 0.2) is 24.3 Å². The largest absolute Gasteiger partial charge is 0.481 e. The number of carbonyl (C=O) groups is 1. The molecule has 0 heterocycles. The highest BCUT2D eigenvalue weighted by molar-refractivity contribution is 5.70. The second kappa shape index (κ2) is 7.29. The van der Waals surface area contributed by atoms with Crippen LogP contribution in [-0.4, -0.2) is 17.2 Å². The summed E-state index contributed by atoms with van der Waals surface area (Å²) in [5.74, 6) is -0.789. The Morgan fingerprint density at radius 3 is 2.21 bits per heavy atom. The molecule has 0 aliphatic heterocycles. The minimum Gasteiger partial charge on any atom is -0.481 e. The zero-order valence-electron chi connectivity index (χ0n) is 11.3. The summed E-state index contributed by atoms with van der Waals surface area (Å²) in [6, 6.07) is 7.68. The van der Waals surface area contributed by atoms with Gasteiger partial charge in [-0.15, -0.1) is 0 Å². The summed E-state index contributed by atoms with van der Waals surface area (Å²) in [6.07, 6.45) is 8.08. The summed E-state index contributed by atoms with van der Waals surface area (Å²) in [6.45, 7) is 0.637. The molecule has 1 saturated carbocycles. The van der Waals surface area contributed by atoms with Crippen molar-refractivity contribution in [1.82, 2.24) is 0 Å². The van der Waals surface area contributed by atoms with Gasteiger partial charge in [-0.1, -0.05) is 49.9 Å². The van der Waals surface area contributed by atoms with Crippen LogP contribution in [0, 0.1) is 0 Å². The van der Waals surface area contributed by atoms with Crippen LogP contribution in [0.2, 0.25) is 0 Å². The molecule has 19 heavy (non-hydrogen) atoms. The summed E-state index contributed by atoms with van der Waals surface area (Å²) >= 11 is 0. The molecule has 1 aromatic carbocycles. The van der Waals surface area contributed by atoms with E-state index in [0.29, 0.717) is 12.7 Å². The van der Waals surface area contributed by atoms with E-state index >= 15 is 0 Å². The van der Waals surface area contributed by atoms with E-state index in [4.69, 9.17) is 9.84 Å². The van der Waals surface area contributed by atoms with Gasteiger partial charge in [-0.3, -0.25) is 4.79 Å². The van der Waals surface area contributed by atoms with E-state index < -0.39 is 5.97 Å². The fraction of sp³-hybridized carbons (Fsp3) is 0.562. The molecule has 104 valence electrons. The van der Waals surface area contributed by atoms with Crippen LogP contribution in [0.4, 0.5) is 0 Å². The second-order valence-electron chi connectivity index (χ2n) is 5.31. The van der Waals surface area contributed by atoms with Crippen LogP contribution >= 0.6 is 0 Å². The molecule has 0 radical (unpaired) electrons. The van der Waals surface area contributed by atoms with Gasteiger partial charge in [-0.2, -0.15) is 0 Å². The fourth-order valence-corrected chi connectivity index (χ4v) is 2.55. The summed E-state index contributed by atoms with van der Waals surface area (Å²) < 4.78 is 5.95. The Labute approximate surface area is 114 Å². The van der Waals surface area contributed by atoms with E-state index in [1.807, 2.05) is 24.3 Å². The Kier molecular flexibility index (Phi) is 5.40. The SMILES string of the molecule is O=C(O)Cc1ccc(COC2CCCCCC2)cc1. The topological polar surface area (TPSA) is 46.5 Å². The molecule has 0 amide bonds. The predicted molar refractivity (Wildman–Crippen MR) is 74.1 cm³/mol. The molecule has 1 aliphatic rings. The highest BCUT2D eigenvalue weighted by atomic mass is 16.5. The van der Waals surface area contributed by atoms with Gasteiger partial charge in [0.05, 0.1) is 19.1 Å². The molecule has 1 fully saturated rings. The number of ether oxygens (including phenoxy) is 1. The van der Waals surface area contributed by atoms with Crippen LogP contribution in [0.3, 0.4) is 0 Å². The fourth-order valence-electron chi connectivity index (χ4n) is 2.55. The normalized spacial score (nSPS) is 17.1. The van der Waals surface area contributed by atoms with E-state index in [1.54, 1.807) is 0 Å². The van der Waals surface area contributed by atoms with Gasteiger partial charge in [0.1, 0.15) is 0 Å². The van der Waals surface area contributed by atoms with Gasteiger partial charge in [0, 0.05) is 0 Å². The van der Waals surface area contributed by atoms with Crippen molar-refractivity contribution >= 4 is 5.97 Å². The number of benzene rings is 1. The van der Waals surface area contributed by atoms with Gasteiger partial charge >= 0.3 is 5.97 Å². The molecule has 3 nitrogen and oxygen atoms in total. The Hall–Kier alpha value is -1.35. The lowest BCUT2D eigenvalue weighted by Crippen LogP contribution is -2.11. The van der Waals surface area contributed by atoms with Crippen LogP contribution in [0.5, 0.6) is 0 Å². The van der Waals surface area contributed by atoms with Gasteiger partial charge in [0.25, 0.3) is 0 Å². The van der Waals surface area contributed by atoms with Gasteiger partial charge in [-0.05, 0) is 24.0 Å². The van der Waals surface area contributed by atoms with E-state index in [1.165, 1.54) is 38.5 Å². The second-order valence-corrected chi connectivity index (χ2v) is 5.31. The van der Waals surface area contributed by atoms with Crippen molar-refractivity contribution in [1.29, 1.82) is 0 Å². The first kappa shape index (κ1) is 14.1. The average Bonchev–Trinajstić information content (AvgIpc) is 2.66. The van der Waals surface area contributed by atoms with Crippen molar-refractivity contribution in [2.24, 2.45) is 0 Å². The maximum atomic E-state index is 10.6. The molecule has 0 saturated heterocycles. The molecule has 0 bridgehead atoms. The van der Waals surface area contributed by atoms with E-state index in [0.717, 1.165) is 11.1 Å². The Morgan fingerprint density at radius 2 is 1.63 bits per heavy atom. The number of hydrogen-bond donors (Lipinski definition) is 1. The predicted octanol–water partition coefficient (Wildman–Crippen LogP) is 3.55. The van der Waals surface area contributed by atoms with Gasteiger partial charge in [0.2, 0.25) is 0 Å². The lowest BCUT2D eigenvalue weighted by Gasteiger charge is -2.15. The molecule has 2 rings (SSSR count). The summed E-state index contributed by atoms with van der Waals surface area (Å²) in [4.78, 5) is 10.6. The van der Waals surface area contributed by atoms with Gasteiger partial charge in [0.15, 0.2) is 0 Å².